The van der Waals surface area contributed by atoms with Gasteiger partial charge in [-0.3, -0.25) is 0 Å². The fourth-order valence-corrected chi connectivity index (χ4v) is 4.21. The minimum absolute atomic E-state index is 0.119. The Morgan fingerprint density at radius 2 is 2.00 bits per heavy atom. The molecule has 3 rings (SSSR count). The first-order valence-corrected chi connectivity index (χ1v) is 8.74. The van der Waals surface area contributed by atoms with Crippen LogP contribution in [0.25, 0.3) is 0 Å². The highest BCUT2D eigenvalue weighted by Crippen LogP contribution is 2.26. The molecule has 0 saturated carbocycles. The van der Waals surface area contributed by atoms with Gasteiger partial charge in [0.05, 0.1) is 10.9 Å². The summed E-state index contributed by atoms with van der Waals surface area (Å²) in [5.41, 5.74) is 0.415. The summed E-state index contributed by atoms with van der Waals surface area (Å²) in [6.45, 7) is 2.78. The van der Waals surface area contributed by atoms with E-state index in [9.17, 15) is 12.8 Å². The minimum atomic E-state index is -3.63. The number of benzene rings is 1. The van der Waals surface area contributed by atoms with E-state index in [1.807, 2.05) is 23.1 Å². The van der Waals surface area contributed by atoms with Gasteiger partial charge < -0.3 is 4.90 Å². The maximum atomic E-state index is 13.2. The molecule has 1 aromatic carbocycles. The second-order valence-corrected chi connectivity index (χ2v) is 7.64. The zero-order chi connectivity index (χ0) is 16.6. The smallest absolute Gasteiger partial charge is 0.243 e. The molecule has 0 atom stereocenters. The number of aromatic nitrogens is 1. The molecule has 0 amide bonds. The van der Waals surface area contributed by atoms with Gasteiger partial charge in [0.1, 0.15) is 11.6 Å². The zero-order valence-corrected chi connectivity index (χ0v) is 13.8. The molecule has 7 heteroatoms. The van der Waals surface area contributed by atoms with Crippen LogP contribution in [0.1, 0.15) is 5.56 Å². The van der Waals surface area contributed by atoms with Crippen LogP contribution >= 0.6 is 0 Å². The van der Waals surface area contributed by atoms with Gasteiger partial charge in [0.15, 0.2) is 0 Å². The molecule has 1 saturated heterocycles. The van der Waals surface area contributed by atoms with E-state index in [1.165, 1.54) is 22.5 Å². The number of hydrogen-bond donors (Lipinski definition) is 0. The summed E-state index contributed by atoms with van der Waals surface area (Å²) in [6.07, 6.45) is 1.71. The highest BCUT2D eigenvalue weighted by atomic mass is 32.2. The van der Waals surface area contributed by atoms with Gasteiger partial charge in [-0.15, -0.1) is 0 Å². The number of sulfonamides is 1. The molecule has 1 aliphatic heterocycles. The minimum Gasteiger partial charge on any atom is -0.353 e. The third kappa shape index (κ3) is 2.94. The fraction of sp³-hybridized carbons (Fsp3) is 0.312. The van der Waals surface area contributed by atoms with Gasteiger partial charge in [0, 0.05) is 26.3 Å². The van der Waals surface area contributed by atoms with Crippen LogP contribution in [0.4, 0.5) is 10.2 Å². The first-order chi connectivity index (χ1) is 10.9. The van der Waals surface area contributed by atoms with Crippen molar-refractivity contribution < 1.29 is 12.8 Å². The Morgan fingerprint density at radius 1 is 1.26 bits per heavy atom. The lowest BCUT2D eigenvalue weighted by molar-refractivity contribution is 0.309. The van der Waals surface area contributed by atoms with Crippen molar-refractivity contribution in [3.8, 4) is 0 Å². The van der Waals surface area contributed by atoms with Crippen LogP contribution in [0.5, 0.6) is 0 Å². The molecule has 0 radical (unpaired) electrons. The van der Waals surface area contributed by atoms with Gasteiger partial charge in [-0.2, -0.15) is 4.31 Å². The number of halogens is 1. The topological polar surface area (TPSA) is 53.5 Å². The van der Waals surface area contributed by atoms with E-state index in [0.29, 0.717) is 18.7 Å². The van der Waals surface area contributed by atoms with Crippen LogP contribution in [-0.2, 0) is 10.0 Å². The van der Waals surface area contributed by atoms with E-state index in [-0.39, 0.29) is 10.9 Å². The first-order valence-electron chi connectivity index (χ1n) is 7.30. The van der Waals surface area contributed by atoms with Crippen LogP contribution < -0.4 is 4.90 Å². The highest BCUT2D eigenvalue weighted by molar-refractivity contribution is 7.89. The van der Waals surface area contributed by atoms with Crippen LogP contribution in [0.15, 0.2) is 47.5 Å². The summed E-state index contributed by atoms with van der Waals surface area (Å²) in [4.78, 5) is 6.43. The molecule has 0 aliphatic carbocycles. The summed E-state index contributed by atoms with van der Waals surface area (Å²) < 4.78 is 40.0. The van der Waals surface area contributed by atoms with Crippen molar-refractivity contribution in [1.29, 1.82) is 0 Å². The summed E-state index contributed by atoms with van der Waals surface area (Å²) in [7, 11) is -2.06. The van der Waals surface area contributed by atoms with E-state index in [0.717, 1.165) is 5.82 Å². The molecular formula is C16H18FN3O2S. The molecule has 0 unspecified atom stereocenters. The lowest BCUT2D eigenvalue weighted by Crippen LogP contribution is -2.60. The molecule has 1 fully saturated rings. The predicted octanol–water partition coefficient (Wildman–Crippen LogP) is 2.04. The number of anilines is 1. The molecule has 0 bridgehead atoms. The second kappa shape index (κ2) is 5.90. The Labute approximate surface area is 135 Å². The van der Waals surface area contributed by atoms with Gasteiger partial charge in [-0.25, -0.2) is 17.8 Å². The van der Waals surface area contributed by atoms with E-state index < -0.39 is 15.8 Å². The highest BCUT2D eigenvalue weighted by Gasteiger charge is 2.37. The van der Waals surface area contributed by atoms with Crippen molar-refractivity contribution in [2.45, 2.75) is 17.9 Å². The van der Waals surface area contributed by atoms with E-state index in [2.05, 4.69) is 4.98 Å². The average molecular weight is 335 g/mol. The molecule has 122 valence electrons. The summed E-state index contributed by atoms with van der Waals surface area (Å²) in [5, 5.41) is 0. The third-order valence-corrected chi connectivity index (χ3v) is 6.21. The predicted molar refractivity (Wildman–Crippen MR) is 86.3 cm³/mol. The molecular weight excluding hydrogens is 317 g/mol. The molecule has 23 heavy (non-hydrogen) atoms. The van der Waals surface area contributed by atoms with Gasteiger partial charge in [0.2, 0.25) is 10.0 Å². The van der Waals surface area contributed by atoms with Crippen molar-refractivity contribution in [3.05, 3.63) is 54.0 Å². The summed E-state index contributed by atoms with van der Waals surface area (Å²) >= 11 is 0. The Kier molecular flexibility index (Phi) is 4.08. The first kappa shape index (κ1) is 15.9. The van der Waals surface area contributed by atoms with Gasteiger partial charge >= 0.3 is 0 Å². The van der Waals surface area contributed by atoms with E-state index in [4.69, 9.17) is 0 Å². The standard InChI is InChI=1S/C16H18FN3O2S/c1-12-9-13(17)6-7-15(12)23(21,22)19(2)14-10-20(11-14)16-5-3-4-8-18-16/h3-9,14H,10-11H2,1-2H3. The molecule has 0 N–H and O–H groups in total. The number of nitrogens with zero attached hydrogens (tertiary/aromatic N) is 3. The Morgan fingerprint density at radius 3 is 2.61 bits per heavy atom. The third-order valence-electron chi connectivity index (χ3n) is 4.14. The number of hydrogen-bond acceptors (Lipinski definition) is 4. The van der Waals surface area contributed by atoms with Crippen molar-refractivity contribution >= 4 is 15.8 Å². The van der Waals surface area contributed by atoms with Gasteiger partial charge in [-0.05, 0) is 42.8 Å². The molecule has 2 aromatic rings. The van der Waals surface area contributed by atoms with Crippen molar-refractivity contribution in [3.63, 3.8) is 0 Å². The Bertz CT molecular complexity index is 805. The number of rotatable bonds is 4. The van der Waals surface area contributed by atoms with Crippen molar-refractivity contribution in [2.75, 3.05) is 25.0 Å². The largest absolute Gasteiger partial charge is 0.353 e. The Hall–Kier alpha value is -1.99. The van der Waals surface area contributed by atoms with Crippen LogP contribution in [-0.4, -0.2) is 43.9 Å². The van der Waals surface area contributed by atoms with Gasteiger partial charge in [0.25, 0.3) is 0 Å². The Balaban J connectivity index is 1.75. The monoisotopic (exact) mass is 335 g/mol. The molecule has 1 aromatic heterocycles. The lowest BCUT2D eigenvalue weighted by Gasteiger charge is -2.44. The van der Waals surface area contributed by atoms with Crippen LogP contribution in [0.3, 0.4) is 0 Å². The quantitative estimate of drug-likeness (QED) is 0.858. The van der Waals surface area contributed by atoms with Crippen LogP contribution in [0, 0.1) is 12.7 Å². The second-order valence-electron chi connectivity index (χ2n) is 5.68. The van der Waals surface area contributed by atoms with Crippen molar-refractivity contribution in [2.24, 2.45) is 0 Å². The number of likely N-dealkylation sites (N-methyl/N-ethyl adjacent to an activating group) is 1. The normalized spacial score (nSPS) is 15.7. The maximum Gasteiger partial charge on any atom is 0.243 e. The maximum absolute atomic E-state index is 13.2. The van der Waals surface area contributed by atoms with Gasteiger partial charge in [-0.1, -0.05) is 6.07 Å². The van der Waals surface area contributed by atoms with Crippen LogP contribution in [0.2, 0.25) is 0 Å². The zero-order valence-electron chi connectivity index (χ0n) is 13.0. The van der Waals surface area contributed by atoms with E-state index in [1.54, 1.807) is 20.2 Å². The van der Waals surface area contributed by atoms with Crippen molar-refractivity contribution in [1.82, 2.24) is 9.29 Å². The molecule has 5 nitrogen and oxygen atoms in total. The number of aryl methyl sites for hydroxylation is 1. The molecule has 1 aliphatic rings. The molecule has 2 heterocycles. The lowest BCUT2D eigenvalue weighted by atomic mass is 10.1. The van der Waals surface area contributed by atoms with E-state index >= 15 is 0 Å². The average Bonchev–Trinajstić information content (AvgIpc) is 2.46. The number of pyridine rings is 1. The summed E-state index contributed by atoms with van der Waals surface area (Å²) in [6, 6.07) is 9.26. The SMILES string of the molecule is Cc1cc(F)ccc1S(=O)(=O)N(C)C1CN(c2ccccn2)C1. The fourth-order valence-electron chi connectivity index (χ4n) is 2.67. The summed E-state index contributed by atoms with van der Waals surface area (Å²) in [5.74, 6) is 0.404. The molecule has 0 spiro atoms.